The Hall–Kier alpha value is -9.96. The van der Waals surface area contributed by atoms with E-state index in [2.05, 4.69) is 140 Å². The zero-order chi connectivity index (χ0) is 46.2. The molecule has 0 fully saturated rings. The van der Waals surface area contributed by atoms with Crippen molar-refractivity contribution in [3.8, 4) is 51.8 Å². The fourth-order valence-corrected chi connectivity index (χ4v) is 11.6. The number of para-hydroxylation sites is 5. The van der Waals surface area contributed by atoms with Gasteiger partial charge in [-0.15, -0.1) is 0 Å². The minimum absolute atomic E-state index is 0.538. The van der Waals surface area contributed by atoms with E-state index < -0.39 is 5.41 Å². The van der Waals surface area contributed by atoms with Gasteiger partial charge < -0.3 is 23.5 Å². The molecule has 0 bridgehead atoms. The summed E-state index contributed by atoms with van der Waals surface area (Å²) in [6, 6.07) is 66.8. The average molecular weight is 896 g/mol. The fourth-order valence-electron chi connectivity index (χ4n) is 11.6. The largest absolute Gasteiger partial charge is 0.457 e. The highest BCUT2D eigenvalue weighted by Crippen LogP contribution is 2.62. The second-order valence-corrected chi connectivity index (χ2v) is 17.9. The number of pyridine rings is 2. The van der Waals surface area contributed by atoms with Crippen molar-refractivity contribution in [3.05, 3.63) is 240 Å². The molecule has 12 aromatic rings. The summed E-state index contributed by atoms with van der Waals surface area (Å²) in [4.78, 5) is 16.3. The van der Waals surface area contributed by atoms with Gasteiger partial charge in [0, 0.05) is 62.6 Å². The van der Waals surface area contributed by atoms with E-state index in [9.17, 15) is 5.26 Å². The van der Waals surface area contributed by atoms with Crippen LogP contribution in [-0.4, -0.2) is 19.1 Å². The summed E-state index contributed by atoms with van der Waals surface area (Å²) in [6.45, 7) is 7.77. The topological polar surface area (TPSA) is 85.5 Å². The molecule has 0 N–H and O–H groups in total. The first-order valence-electron chi connectivity index (χ1n) is 23.0. The summed E-state index contributed by atoms with van der Waals surface area (Å²) in [6.07, 6.45) is 3.80. The summed E-state index contributed by atoms with van der Waals surface area (Å²) in [5, 5.41) is 14.0. The van der Waals surface area contributed by atoms with Crippen LogP contribution in [0.2, 0.25) is 0 Å². The monoisotopic (exact) mass is 895 g/mol. The van der Waals surface area contributed by atoms with E-state index in [0.29, 0.717) is 17.0 Å². The minimum atomic E-state index is -0.824. The highest BCUT2D eigenvalue weighted by molar-refractivity contribution is 6.12. The Morgan fingerprint density at radius 2 is 1.11 bits per heavy atom. The molecule has 70 heavy (non-hydrogen) atoms. The average Bonchev–Trinajstić information content (AvgIpc) is 4.03. The lowest BCUT2D eigenvalue weighted by Crippen LogP contribution is -2.32. The number of rotatable bonds is 3. The Bertz CT molecular complexity index is 4380. The summed E-state index contributed by atoms with van der Waals surface area (Å²) in [5.74, 6) is 2.86. The van der Waals surface area contributed by atoms with Gasteiger partial charge >= 0.3 is 0 Å². The van der Waals surface area contributed by atoms with Crippen LogP contribution in [0.3, 0.4) is 0 Å². The number of nitrogens with zero attached hydrogens (tertiary/aromatic N) is 7. The molecule has 324 valence electrons. The van der Waals surface area contributed by atoms with E-state index >= 15 is 0 Å². The molecular formula is C61H33N7O2. The summed E-state index contributed by atoms with van der Waals surface area (Å²) in [5.41, 5.74) is 14.8. The van der Waals surface area contributed by atoms with Crippen LogP contribution in [-0.2, 0) is 5.41 Å². The van der Waals surface area contributed by atoms with Crippen molar-refractivity contribution in [1.29, 1.82) is 5.26 Å². The van der Waals surface area contributed by atoms with E-state index in [1.165, 1.54) is 0 Å². The van der Waals surface area contributed by atoms with E-state index in [1.54, 1.807) is 6.07 Å². The van der Waals surface area contributed by atoms with Crippen molar-refractivity contribution >= 4 is 66.4 Å². The maximum atomic E-state index is 9.75. The van der Waals surface area contributed by atoms with Gasteiger partial charge in [0.15, 0.2) is 17.2 Å². The van der Waals surface area contributed by atoms with Crippen LogP contribution in [0.1, 0.15) is 27.8 Å². The van der Waals surface area contributed by atoms with Crippen LogP contribution in [0.4, 0.5) is 22.7 Å². The second-order valence-electron chi connectivity index (χ2n) is 17.9. The molecule has 9 nitrogen and oxygen atoms in total. The van der Waals surface area contributed by atoms with Gasteiger partial charge in [-0.1, -0.05) is 84.9 Å². The van der Waals surface area contributed by atoms with Crippen molar-refractivity contribution in [2.75, 3.05) is 4.90 Å². The lowest BCUT2D eigenvalue weighted by atomic mass is 9.66. The molecule has 3 aliphatic rings. The quantitative estimate of drug-likeness (QED) is 0.164. The van der Waals surface area contributed by atoms with Crippen molar-refractivity contribution in [2.45, 2.75) is 5.41 Å². The number of benzene rings is 8. The third kappa shape index (κ3) is 5.02. The Kier molecular flexibility index (Phi) is 7.65. The molecule has 0 saturated heterocycles. The molecule has 9 heteroatoms. The van der Waals surface area contributed by atoms with Crippen molar-refractivity contribution in [1.82, 2.24) is 19.1 Å². The van der Waals surface area contributed by atoms with Crippen LogP contribution >= 0.6 is 0 Å². The highest BCUT2D eigenvalue weighted by atomic mass is 16.5. The van der Waals surface area contributed by atoms with Crippen LogP contribution < -0.4 is 14.4 Å². The van der Waals surface area contributed by atoms with E-state index in [1.807, 2.05) is 79.1 Å². The second kappa shape index (κ2) is 14.0. The summed E-state index contributed by atoms with van der Waals surface area (Å²) < 4.78 is 18.0. The predicted molar refractivity (Wildman–Crippen MR) is 274 cm³/mol. The standard InChI is InChI=1S/C61H33N7O2/c1-63-37-21-26-51-43(30-37)41-11-2-6-16-50(41)68(51)40-32-48-60(65-35-40)59-47(14-10-28-64-59)61(48)45-13-4-8-18-55(45)69-57-33-39(22-24-46(57)61)66-49-15-5-3-12-42(49)44-31-38(23-27-52(44)66)67-53-17-7-9-19-56(53)70-58-29-36(34-62)20-25-54(58)67/h2-33,35H. The van der Waals surface area contributed by atoms with Gasteiger partial charge in [-0.2, -0.15) is 5.26 Å². The van der Waals surface area contributed by atoms with Crippen LogP contribution in [0.15, 0.2) is 200 Å². The van der Waals surface area contributed by atoms with Crippen molar-refractivity contribution < 1.29 is 9.47 Å². The Labute approximate surface area is 400 Å². The third-order valence-corrected chi connectivity index (χ3v) is 14.5. The van der Waals surface area contributed by atoms with E-state index in [-0.39, 0.29) is 0 Å². The number of ether oxygens (including phenoxy) is 2. The summed E-state index contributed by atoms with van der Waals surface area (Å²) >= 11 is 0. The normalized spacial score (nSPS) is 14.8. The molecule has 0 radical (unpaired) electrons. The predicted octanol–water partition coefficient (Wildman–Crippen LogP) is 15.1. The van der Waals surface area contributed by atoms with Gasteiger partial charge in [0.1, 0.15) is 11.5 Å². The minimum Gasteiger partial charge on any atom is -0.457 e. The number of anilines is 3. The van der Waals surface area contributed by atoms with Gasteiger partial charge in [0.2, 0.25) is 0 Å². The number of fused-ring (bicyclic) bond motifs is 17. The SMILES string of the molecule is [C-]#[N+]c1ccc2c(c1)c1ccccc1n2-c1cnc2c(c1)C1(c3ccccc3Oc3cc(-n4c5ccccc5c5cc(N6c7ccccc7Oc7cc(C#N)ccc76)ccc54)ccc31)c1cccnc1-2. The summed E-state index contributed by atoms with van der Waals surface area (Å²) in [7, 11) is 0. The molecule has 8 aromatic carbocycles. The maximum absolute atomic E-state index is 9.75. The molecule has 1 aliphatic carbocycles. The van der Waals surface area contributed by atoms with Gasteiger partial charge in [-0.25, -0.2) is 4.85 Å². The van der Waals surface area contributed by atoms with Gasteiger partial charge in [0.25, 0.3) is 0 Å². The highest BCUT2D eigenvalue weighted by Gasteiger charge is 2.52. The molecule has 1 atom stereocenters. The molecule has 15 rings (SSSR count). The van der Waals surface area contributed by atoms with Gasteiger partial charge in [-0.3, -0.25) is 9.97 Å². The van der Waals surface area contributed by atoms with Crippen LogP contribution in [0.5, 0.6) is 23.0 Å². The zero-order valence-corrected chi connectivity index (χ0v) is 37.0. The molecule has 2 aliphatic heterocycles. The first kappa shape index (κ1) is 38.2. The smallest absolute Gasteiger partial charge is 0.188 e. The molecule has 6 heterocycles. The number of nitriles is 1. The lowest BCUT2D eigenvalue weighted by molar-refractivity contribution is 0.436. The van der Waals surface area contributed by atoms with Gasteiger partial charge in [0.05, 0.1) is 80.3 Å². The molecule has 0 saturated carbocycles. The fraction of sp³-hybridized carbons (Fsp3) is 0.0164. The number of hydrogen-bond acceptors (Lipinski definition) is 6. The van der Waals surface area contributed by atoms with Crippen molar-refractivity contribution in [3.63, 3.8) is 0 Å². The third-order valence-electron chi connectivity index (χ3n) is 14.5. The van der Waals surface area contributed by atoms with E-state index in [4.69, 9.17) is 26.0 Å². The lowest BCUT2D eigenvalue weighted by Gasteiger charge is -2.39. The molecule has 4 aromatic heterocycles. The molecular weight excluding hydrogens is 863 g/mol. The van der Waals surface area contributed by atoms with Crippen molar-refractivity contribution in [2.24, 2.45) is 0 Å². The zero-order valence-electron chi connectivity index (χ0n) is 37.0. The Morgan fingerprint density at radius 3 is 1.94 bits per heavy atom. The first-order chi connectivity index (χ1) is 34.6. The van der Waals surface area contributed by atoms with Crippen LogP contribution in [0, 0.1) is 17.9 Å². The van der Waals surface area contributed by atoms with Gasteiger partial charge in [-0.05, 0) is 102 Å². The van der Waals surface area contributed by atoms with Crippen LogP contribution in [0.25, 0.3) is 71.2 Å². The molecule has 1 unspecified atom stereocenters. The number of aromatic nitrogens is 4. The molecule has 0 amide bonds. The Morgan fingerprint density at radius 1 is 0.471 bits per heavy atom. The molecule has 1 spiro atoms. The first-order valence-corrected chi connectivity index (χ1v) is 23.0. The number of hydrogen-bond donors (Lipinski definition) is 0. The van der Waals surface area contributed by atoms with E-state index in [0.717, 1.165) is 123 Å². The Balaban J connectivity index is 0.936. The maximum Gasteiger partial charge on any atom is 0.188 e.